The number of nitrogens with zero attached hydrogens (tertiary/aromatic N) is 1. The SMILES string of the molecule is CCOc1cc(Br)c(/C=C2\C(=O)NC(=S)N(c3ccc(C(C)C)cc3)C2=O)cc1OC. The van der Waals surface area contributed by atoms with Gasteiger partial charge < -0.3 is 9.47 Å². The van der Waals surface area contributed by atoms with E-state index >= 15 is 0 Å². The lowest BCUT2D eigenvalue weighted by atomic mass is 10.0. The molecule has 0 bridgehead atoms. The highest BCUT2D eigenvalue weighted by atomic mass is 79.9. The lowest BCUT2D eigenvalue weighted by molar-refractivity contribution is -0.122. The van der Waals surface area contributed by atoms with Crippen molar-refractivity contribution in [3.8, 4) is 11.5 Å². The van der Waals surface area contributed by atoms with Crippen LogP contribution in [0.25, 0.3) is 6.08 Å². The monoisotopic (exact) mass is 502 g/mol. The van der Waals surface area contributed by atoms with Crippen molar-refractivity contribution in [2.75, 3.05) is 18.6 Å². The predicted molar refractivity (Wildman–Crippen MR) is 129 cm³/mol. The number of carbonyl (C=O) groups excluding carboxylic acids is 2. The number of amides is 2. The molecule has 0 saturated carbocycles. The highest BCUT2D eigenvalue weighted by molar-refractivity contribution is 9.10. The van der Waals surface area contributed by atoms with Gasteiger partial charge in [0.1, 0.15) is 5.57 Å². The number of ether oxygens (including phenoxy) is 2. The van der Waals surface area contributed by atoms with Gasteiger partial charge in [-0.1, -0.05) is 41.9 Å². The van der Waals surface area contributed by atoms with E-state index in [1.54, 1.807) is 12.1 Å². The lowest BCUT2D eigenvalue weighted by Gasteiger charge is -2.29. The average molecular weight is 503 g/mol. The number of rotatable bonds is 6. The molecule has 0 aliphatic carbocycles. The summed E-state index contributed by atoms with van der Waals surface area (Å²) in [6.45, 7) is 6.54. The van der Waals surface area contributed by atoms with Gasteiger partial charge in [-0.15, -0.1) is 0 Å². The number of anilines is 1. The van der Waals surface area contributed by atoms with Crippen molar-refractivity contribution in [3.05, 3.63) is 57.6 Å². The van der Waals surface area contributed by atoms with Crippen molar-refractivity contribution < 1.29 is 19.1 Å². The third-order valence-corrected chi connectivity index (χ3v) is 5.77. The molecule has 0 radical (unpaired) electrons. The topological polar surface area (TPSA) is 67.9 Å². The van der Waals surface area contributed by atoms with Crippen LogP contribution in [0.4, 0.5) is 5.69 Å². The van der Waals surface area contributed by atoms with E-state index in [1.807, 2.05) is 31.2 Å². The van der Waals surface area contributed by atoms with Gasteiger partial charge in [0.15, 0.2) is 16.6 Å². The molecule has 0 unspecified atom stereocenters. The molecule has 1 saturated heterocycles. The first-order chi connectivity index (χ1) is 14.8. The fourth-order valence-corrected chi connectivity index (χ4v) is 3.86. The standard InChI is InChI=1S/C23H23BrN2O4S/c1-5-30-20-12-18(24)15(11-19(20)29-4)10-17-21(27)25-23(31)26(22(17)28)16-8-6-14(7-9-16)13(2)3/h6-13H,5H2,1-4H3,(H,25,27,31)/b17-10+. The minimum absolute atomic E-state index is 0.0338. The second-order valence-electron chi connectivity index (χ2n) is 7.16. The van der Waals surface area contributed by atoms with Gasteiger partial charge in [-0.2, -0.15) is 0 Å². The number of halogens is 1. The molecule has 3 rings (SSSR count). The van der Waals surface area contributed by atoms with Crippen LogP contribution in [0, 0.1) is 0 Å². The Morgan fingerprint density at radius 2 is 1.84 bits per heavy atom. The van der Waals surface area contributed by atoms with Crippen LogP contribution >= 0.6 is 28.1 Å². The Balaban J connectivity index is 2.01. The Hall–Kier alpha value is -2.71. The Bertz CT molecular complexity index is 1060. The van der Waals surface area contributed by atoms with Crippen molar-refractivity contribution in [1.82, 2.24) is 5.32 Å². The zero-order valence-corrected chi connectivity index (χ0v) is 20.1. The number of methoxy groups -OCH3 is 1. The maximum atomic E-state index is 13.2. The molecule has 1 aliphatic rings. The van der Waals surface area contributed by atoms with Gasteiger partial charge >= 0.3 is 0 Å². The molecule has 1 aliphatic heterocycles. The van der Waals surface area contributed by atoms with E-state index in [1.165, 1.54) is 18.1 Å². The quantitative estimate of drug-likeness (QED) is 0.348. The lowest BCUT2D eigenvalue weighted by Crippen LogP contribution is -2.54. The molecule has 8 heteroatoms. The van der Waals surface area contributed by atoms with Crippen molar-refractivity contribution in [3.63, 3.8) is 0 Å². The number of carbonyl (C=O) groups is 2. The summed E-state index contributed by atoms with van der Waals surface area (Å²) in [5.41, 5.74) is 2.30. The van der Waals surface area contributed by atoms with Gasteiger partial charge in [0.25, 0.3) is 11.8 Å². The van der Waals surface area contributed by atoms with E-state index < -0.39 is 11.8 Å². The van der Waals surface area contributed by atoms with Gasteiger partial charge in [-0.25, -0.2) is 0 Å². The normalized spacial score (nSPS) is 15.5. The number of benzene rings is 2. The van der Waals surface area contributed by atoms with E-state index in [0.717, 1.165) is 5.56 Å². The maximum absolute atomic E-state index is 13.2. The summed E-state index contributed by atoms with van der Waals surface area (Å²) in [7, 11) is 1.53. The first-order valence-corrected chi connectivity index (χ1v) is 11.0. The first-order valence-electron chi connectivity index (χ1n) is 9.78. The van der Waals surface area contributed by atoms with Gasteiger partial charge in [0, 0.05) is 4.47 Å². The van der Waals surface area contributed by atoms with Gasteiger partial charge in [-0.3, -0.25) is 19.8 Å². The second-order valence-corrected chi connectivity index (χ2v) is 8.40. The van der Waals surface area contributed by atoms with Crippen LogP contribution in [0.2, 0.25) is 0 Å². The molecule has 2 aromatic rings. The molecule has 0 spiro atoms. The highest BCUT2D eigenvalue weighted by Gasteiger charge is 2.34. The number of hydrogen-bond acceptors (Lipinski definition) is 5. The minimum atomic E-state index is -0.551. The largest absolute Gasteiger partial charge is 0.493 e. The molecule has 1 heterocycles. The van der Waals surface area contributed by atoms with Crippen LogP contribution < -0.4 is 19.7 Å². The zero-order chi connectivity index (χ0) is 22.7. The third-order valence-electron chi connectivity index (χ3n) is 4.80. The molecular weight excluding hydrogens is 480 g/mol. The molecule has 6 nitrogen and oxygen atoms in total. The van der Waals surface area contributed by atoms with Gasteiger partial charge in [-0.05, 0) is 66.5 Å². The Kier molecular flexibility index (Phi) is 7.12. The van der Waals surface area contributed by atoms with E-state index in [0.29, 0.717) is 39.7 Å². The van der Waals surface area contributed by atoms with Crippen LogP contribution in [0.5, 0.6) is 11.5 Å². The Morgan fingerprint density at radius 3 is 2.42 bits per heavy atom. The van der Waals surface area contributed by atoms with Crippen LogP contribution in [0.1, 0.15) is 37.8 Å². The fraction of sp³-hybridized carbons (Fsp3) is 0.261. The summed E-state index contributed by atoms with van der Waals surface area (Å²) in [6.07, 6.45) is 1.51. The summed E-state index contributed by atoms with van der Waals surface area (Å²) in [5, 5.41) is 2.65. The van der Waals surface area contributed by atoms with Crippen LogP contribution in [-0.4, -0.2) is 30.6 Å². The average Bonchev–Trinajstić information content (AvgIpc) is 2.73. The third kappa shape index (κ3) is 4.80. The Morgan fingerprint density at radius 1 is 1.16 bits per heavy atom. The summed E-state index contributed by atoms with van der Waals surface area (Å²) in [4.78, 5) is 27.2. The first kappa shape index (κ1) is 23.0. The number of hydrogen-bond donors (Lipinski definition) is 1. The maximum Gasteiger partial charge on any atom is 0.270 e. The van der Waals surface area contributed by atoms with Gasteiger partial charge in [0.2, 0.25) is 0 Å². The van der Waals surface area contributed by atoms with Gasteiger partial charge in [0.05, 0.1) is 19.4 Å². The van der Waals surface area contributed by atoms with E-state index in [-0.39, 0.29) is 10.7 Å². The predicted octanol–water partition coefficient (Wildman–Crippen LogP) is 4.81. The fourth-order valence-electron chi connectivity index (χ4n) is 3.15. The van der Waals surface area contributed by atoms with Crippen molar-refractivity contribution in [2.45, 2.75) is 26.7 Å². The molecular formula is C23H23BrN2O4S. The van der Waals surface area contributed by atoms with Crippen LogP contribution in [0.3, 0.4) is 0 Å². The van der Waals surface area contributed by atoms with Crippen LogP contribution in [-0.2, 0) is 9.59 Å². The molecule has 162 valence electrons. The summed E-state index contributed by atoms with van der Waals surface area (Å²) in [5.74, 6) is 0.375. The van der Waals surface area contributed by atoms with Crippen LogP contribution in [0.15, 0.2) is 46.4 Å². The van der Waals surface area contributed by atoms with Crippen molar-refractivity contribution >= 4 is 56.8 Å². The number of nitrogens with one attached hydrogen (secondary N) is 1. The molecule has 2 aromatic carbocycles. The van der Waals surface area contributed by atoms with E-state index in [4.69, 9.17) is 21.7 Å². The molecule has 2 amide bonds. The highest BCUT2D eigenvalue weighted by Crippen LogP contribution is 2.35. The van der Waals surface area contributed by atoms with E-state index in [9.17, 15) is 9.59 Å². The van der Waals surface area contributed by atoms with Crippen molar-refractivity contribution in [1.29, 1.82) is 0 Å². The number of thiocarbonyl (C=S) groups is 1. The molecule has 0 atom stereocenters. The minimum Gasteiger partial charge on any atom is -0.493 e. The molecule has 0 aromatic heterocycles. The summed E-state index contributed by atoms with van der Waals surface area (Å²) < 4.78 is 11.6. The summed E-state index contributed by atoms with van der Waals surface area (Å²) >= 11 is 8.75. The zero-order valence-electron chi connectivity index (χ0n) is 17.7. The molecule has 1 N–H and O–H groups in total. The second kappa shape index (κ2) is 9.62. The van der Waals surface area contributed by atoms with E-state index in [2.05, 4.69) is 35.1 Å². The smallest absolute Gasteiger partial charge is 0.270 e. The van der Waals surface area contributed by atoms with Crippen molar-refractivity contribution in [2.24, 2.45) is 0 Å². The summed E-state index contributed by atoms with van der Waals surface area (Å²) in [6, 6.07) is 11.0. The molecule has 31 heavy (non-hydrogen) atoms. The molecule has 1 fully saturated rings. The Labute approximate surface area is 195 Å².